The molecule has 116 valence electrons. The van der Waals surface area contributed by atoms with Crippen molar-refractivity contribution in [1.29, 1.82) is 0 Å². The molecule has 0 unspecified atom stereocenters. The van der Waals surface area contributed by atoms with E-state index < -0.39 is 0 Å². The molecule has 2 aromatic heterocycles. The van der Waals surface area contributed by atoms with Gasteiger partial charge in [0.05, 0.1) is 0 Å². The highest BCUT2D eigenvalue weighted by Crippen LogP contribution is 2.22. The lowest BCUT2D eigenvalue weighted by molar-refractivity contribution is 0.0621. The SMILES string of the molecule is C[C@@H]1C[C@H](C)CN(C(=O)c2cc3cccnc3n(C)c2=O)C1. The Morgan fingerprint density at radius 3 is 2.64 bits per heavy atom. The predicted molar refractivity (Wildman–Crippen MR) is 85.8 cm³/mol. The number of carbonyl (C=O) groups is 1. The minimum absolute atomic E-state index is 0.162. The first kappa shape index (κ1) is 14.8. The third kappa shape index (κ3) is 2.51. The zero-order valence-corrected chi connectivity index (χ0v) is 13.2. The summed E-state index contributed by atoms with van der Waals surface area (Å²) in [6.07, 6.45) is 2.78. The minimum Gasteiger partial charge on any atom is -0.338 e. The van der Waals surface area contributed by atoms with Crippen LogP contribution in [0, 0.1) is 11.8 Å². The largest absolute Gasteiger partial charge is 0.338 e. The van der Waals surface area contributed by atoms with Crippen molar-refractivity contribution in [2.45, 2.75) is 20.3 Å². The van der Waals surface area contributed by atoms with Crippen molar-refractivity contribution in [3.63, 3.8) is 0 Å². The zero-order chi connectivity index (χ0) is 15.9. The lowest BCUT2D eigenvalue weighted by Crippen LogP contribution is -2.44. The van der Waals surface area contributed by atoms with E-state index in [0.29, 0.717) is 17.5 Å². The summed E-state index contributed by atoms with van der Waals surface area (Å²) in [5, 5.41) is 0.811. The fraction of sp³-hybridized carbons (Fsp3) is 0.471. The molecule has 0 spiro atoms. The van der Waals surface area contributed by atoms with Crippen LogP contribution >= 0.6 is 0 Å². The maximum Gasteiger partial charge on any atom is 0.264 e. The van der Waals surface area contributed by atoms with Crippen molar-refractivity contribution >= 4 is 16.9 Å². The number of piperidine rings is 1. The van der Waals surface area contributed by atoms with Crippen LogP contribution in [0.25, 0.3) is 11.0 Å². The van der Waals surface area contributed by atoms with E-state index in [1.165, 1.54) is 4.57 Å². The number of rotatable bonds is 1. The topological polar surface area (TPSA) is 55.2 Å². The number of hydrogen-bond donors (Lipinski definition) is 0. The van der Waals surface area contributed by atoms with E-state index in [-0.39, 0.29) is 17.0 Å². The van der Waals surface area contributed by atoms with Crippen molar-refractivity contribution < 1.29 is 4.79 Å². The molecule has 0 saturated carbocycles. The van der Waals surface area contributed by atoms with Crippen LogP contribution in [0.4, 0.5) is 0 Å². The monoisotopic (exact) mass is 299 g/mol. The average molecular weight is 299 g/mol. The number of hydrogen-bond acceptors (Lipinski definition) is 3. The van der Waals surface area contributed by atoms with Gasteiger partial charge in [-0.25, -0.2) is 4.98 Å². The molecule has 5 heteroatoms. The van der Waals surface area contributed by atoms with Gasteiger partial charge in [0.2, 0.25) is 0 Å². The molecule has 0 aliphatic carbocycles. The third-order valence-electron chi connectivity index (χ3n) is 4.36. The van der Waals surface area contributed by atoms with Gasteiger partial charge in [-0.1, -0.05) is 13.8 Å². The third-order valence-corrected chi connectivity index (χ3v) is 4.36. The number of amides is 1. The van der Waals surface area contributed by atoms with Crippen molar-refractivity contribution in [3.05, 3.63) is 40.3 Å². The van der Waals surface area contributed by atoms with Gasteiger partial charge in [0.1, 0.15) is 11.2 Å². The Kier molecular flexibility index (Phi) is 3.72. The molecule has 0 aromatic carbocycles. The maximum atomic E-state index is 12.8. The second-order valence-corrected chi connectivity index (χ2v) is 6.49. The maximum absolute atomic E-state index is 12.8. The summed E-state index contributed by atoms with van der Waals surface area (Å²) in [5.41, 5.74) is 0.566. The van der Waals surface area contributed by atoms with E-state index in [0.717, 1.165) is 24.9 Å². The second kappa shape index (κ2) is 5.55. The molecular weight excluding hydrogens is 278 g/mol. The van der Waals surface area contributed by atoms with E-state index in [1.807, 2.05) is 17.0 Å². The molecule has 2 atom stereocenters. The van der Waals surface area contributed by atoms with E-state index >= 15 is 0 Å². The van der Waals surface area contributed by atoms with Gasteiger partial charge < -0.3 is 4.90 Å². The summed E-state index contributed by atoms with van der Waals surface area (Å²) in [6.45, 7) is 5.74. The van der Waals surface area contributed by atoms with E-state index in [1.54, 1.807) is 19.3 Å². The molecule has 0 bridgehead atoms. The summed E-state index contributed by atoms with van der Waals surface area (Å²) in [4.78, 5) is 31.3. The van der Waals surface area contributed by atoms with Crippen LogP contribution < -0.4 is 5.56 Å². The van der Waals surface area contributed by atoms with E-state index in [9.17, 15) is 9.59 Å². The van der Waals surface area contributed by atoms with Crippen molar-refractivity contribution in [2.24, 2.45) is 18.9 Å². The molecule has 1 aliphatic rings. The molecule has 0 N–H and O–H groups in total. The Morgan fingerprint density at radius 2 is 1.95 bits per heavy atom. The fourth-order valence-corrected chi connectivity index (χ4v) is 3.45. The molecule has 2 aromatic rings. The lowest BCUT2D eigenvalue weighted by atomic mass is 9.91. The summed E-state index contributed by atoms with van der Waals surface area (Å²) in [6, 6.07) is 5.36. The molecule has 3 rings (SSSR count). The molecule has 1 fully saturated rings. The first-order valence-electron chi connectivity index (χ1n) is 7.71. The van der Waals surface area contributed by atoms with Gasteiger partial charge in [-0.2, -0.15) is 0 Å². The number of carbonyl (C=O) groups excluding carboxylic acids is 1. The summed E-state index contributed by atoms with van der Waals surface area (Å²) < 4.78 is 1.46. The molecule has 22 heavy (non-hydrogen) atoms. The smallest absolute Gasteiger partial charge is 0.264 e. The van der Waals surface area contributed by atoms with Gasteiger partial charge in [0.15, 0.2) is 0 Å². The van der Waals surface area contributed by atoms with E-state index in [4.69, 9.17) is 0 Å². The van der Waals surface area contributed by atoms with Gasteiger partial charge in [0.25, 0.3) is 11.5 Å². The Morgan fingerprint density at radius 1 is 1.27 bits per heavy atom. The number of aromatic nitrogens is 2. The minimum atomic E-state index is -0.276. The molecule has 5 nitrogen and oxygen atoms in total. The van der Waals surface area contributed by atoms with Crippen LogP contribution in [-0.4, -0.2) is 33.4 Å². The number of fused-ring (bicyclic) bond motifs is 1. The highest BCUT2D eigenvalue weighted by Gasteiger charge is 2.28. The molecular formula is C17H21N3O2. The zero-order valence-electron chi connectivity index (χ0n) is 13.2. The van der Waals surface area contributed by atoms with Crippen molar-refractivity contribution in [1.82, 2.24) is 14.5 Å². The van der Waals surface area contributed by atoms with Crippen molar-refractivity contribution in [3.8, 4) is 0 Å². The van der Waals surface area contributed by atoms with Crippen LogP contribution in [0.3, 0.4) is 0 Å². The number of pyridine rings is 2. The predicted octanol–water partition coefficient (Wildman–Crippen LogP) is 2.05. The Bertz CT molecular complexity index is 771. The van der Waals surface area contributed by atoms with Gasteiger partial charge in [-0.3, -0.25) is 14.2 Å². The quantitative estimate of drug-likeness (QED) is 0.810. The number of nitrogens with zero attached hydrogens (tertiary/aromatic N) is 3. The van der Waals surface area contributed by atoms with Gasteiger partial charge in [0, 0.05) is 31.7 Å². The molecule has 3 heterocycles. The van der Waals surface area contributed by atoms with Gasteiger partial charge in [-0.05, 0) is 36.5 Å². The number of likely N-dealkylation sites (tertiary alicyclic amines) is 1. The summed E-state index contributed by atoms with van der Waals surface area (Å²) in [5.74, 6) is 0.780. The molecule has 1 saturated heterocycles. The molecule has 1 amide bonds. The standard InChI is InChI=1S/C17H21N3O2/c1-11-7-12(2)10-20(9-11)17(22)14-8-13-5-4-6-18-15(13)19(3)16(14)21/h4-6,8,11-12H,7,9-10H2,1-3H3/t11-,12+. The Hall–Kier alpha value is -2.17. The highest BCUT2D eigenvalue weighted by molar-refractivity contribution is 5.97. The van der Waals surface area contributed by atoms with Crippen LogP contribution in [0.15, 0.2) is 29.2 Å². The Labute approximate surface area is 129 Å². The number of aryl methyl sites for hydroxylation is 1. The lowest BCUT2D eigenvalue weighted by Gasteiger charge is -2.35. The van der Waals surface area contributed by atoms with Gasteiger partial charge in [-0.15, -0.1) is 0 Å². The van der Waals surface area contributed by atoms with Crippen LogP contribution in [0.2, 0.25) is 0 Å². The first-order valence-corrected chi connectivity index (χ1v) is 7.71. The highest BCUT2D eigenvalue weighted by atomic mass is 16.2. The second-order valence-electron chi connectivity index (χ2n) is 6.49. The first-order chi connectivity index (χ1) is 10.5. The van der Waals surface area contributed by atoms with Crippen LogP contribution in [-0.2, 0) is 7.05 Å². The van der Waals surface area contributed by atoms with E-state index in [2.05, 4.69) is 18.8 Å². The Balaban J connectivity index is 2.04. The normalized spacial score (nSPS) is 22.0. The molecule has 1 aliphatic heterocycles. The van der Waals surface area contributed by atoms with Crippen LogP contribution in [0.5, 0.6) is 0 Å². The fourth-order valence-electron chi connectivity index (χ4n) is 3.45. The van der Waals surface area contributed by atoms with Crippen molar-refractivity contribution in [2.75, 3.05) is 13.1 Å². The van der Waals surface area contributed by atoms with Crippen LogP contribution in [0.1, 0.15) is 30.6 Å². The summed E-state index contributed by atoms with van der Waals surface area (Å²) in [7, 11) is 1.66. The molecule has 0 radical (unpaired) electrons. The average Bonchev–Trinajstić information content (AvgIpc) is 2.49. The summed E-state index contributed by atoms with van der Waals surface area (Å²) >= 11 is 0. The van der Waals surface area contributed by atoms with Gasteiger partial charge >= 0.3 is 0 Å².